The molecule has 0 aliphatic heterocycles. The molecular weight excluding hydrogens is 712 g/mol. The zero-order valence-electron chi connectivity index (χ0n) is 26.8. The normalized spacial score (nSPS) is 9.04. The van der Waals surface area contributed by atoms with E-state index in [1.54, 1.807) is 52.7 Å². The molecule has 0 saturated heterocycles. The summed E-state index contributed by atoms with van der Waals surface area (Å²) in [6.07, 6.45) is -2.07. The Hall–Kier alpha value is -4.48. The molecule has 0 heterocycles. The molecule has 328 valence electrons. The third-order valence-electron chi connectivity index (χ3n) is 4.67. The van der Waals surface area contributed by atoms with E-state index in [4.69, 9.17) is 0 Å². The van der Waals surface area contributed by atoms with Crippen molar-refractivity contribution in [3.8, 4) is 0 Å². The minimum atomic E-state index is -3.08. The van der Waals surface area contributed by atoms with Crippen LogP contribution in [0.15, 0.2) is 0 Å². The van der Waals surface area contributed by atoms with E-state index in [1.807, 2.05) is 0 Å². The van der Waals surface area contributed by atoms with Crippen LogP contribution in [0.3, 0.4) is 0 Å². The minimum absolute atomic E-state index is 0. The Morgan fingerprint density at radius 3 is 0.741 bits per heavy atom. The smallest absolute Gasteiger partial charge is 0.337 e. The summed E-state index contributed by atoms with van der Waals surface area (Å²) in [5, 5.41) is 47.4. The summed E-state index contributed by atoms with van der Waals surface area (Å²) >= 11 is 0. The molecule has 22 heteroatoms. The van der Waals surface area contributed by atoms with Gasteiger partial charge in [0, 0.05) is 0 Å². The first-order valence-corrected chi connectivity index (χ1v) is 13.7. The molecule has 0 unspecified atom stereocenters. The van der Waals surface area contributed by atoms with Crippen LogP contribution in [0.4, 0.5) is 0 Å². The molecule has 0 spiro atoms. The summed E-state index contributed by atoms with van der Waals surface area (Å²) in [5.41, 5.74) is -1.08. The first-order valence-electron chi connectivity index (χ1n) is 13.7. The highest BCUT2D eigenvalue weighted by molar-refractivity contribution is 5.99. The maximum Gasteiger partial charge on any atom is 0.337 e. The maximum atomic E-state index is 11.7. The zero-order chi connectivity index (χ0) is 35.8. The van der Waals surface area contributed by atoms with Crippen LogP contribution in [0.25, 0.3) is 0 Å². The van der Waals surface area contributed by atoms with Gasteiger partial charge in [0.05, 0.1) is 26.7 Å². The van der Waals surface area contributed by atoms with Crippen molar-refractivity contribution in [2.24, 2.45) is 0 Å². The highest BCUT2D eigenvalue weighted by Crippen LogP contribution is 1.99. The fourth-order valence-electron chi connectivity index (χ4n) is 2.91. The first kappa shape index (κ1) is 74.6. The summed E-state index contributed by atoms with van der Waals surface area (Å²) in [5.74, 6) is -5.36. The summed E-state index contributed by atoms with van der Waals surface area (Å²) in [6, 6.07) is -3.08. The largest absolute Gasteiger partial charge is 0.343 e. The molecule has 0 atom stereocenters. The lowest BCUT2D eigenvalue weighted by Crippen LogP contribution is -2.61. The van der Waals surface area contributed by atoms with E-state index in [2.05, 4.69) is 53.2 Å². The fraction of sp³-hybridized carbons (Fsp3) is 0.750. The Labute approximate surface area is 325 Å². The van der Waals surface area contributed by atoms with E-state index in [9.17, 15) is 48.6 Å². The Kier molecular flexibility index (Phi) is 57.1. The lowest BCUT2D eigenvalue weighted by molar-refractivity contribution is -0.210. The van der Waals surface area contributed by atoms with Gasteiger partial charge in [-0.2, -0.15) is 0 Å². The molecule has 0 fully saturated rings. The van der Waals surface area contributed by atoms with E-state index < -0.39 is 71.8 Å². The minimum Gasteiger partial charge on any atom is -0.343 e. The highest BCUT2D eigenvalue weighted by atomic mass is 16.6. The molecule has 14 N–H and O–H groups in total. The van der Waals surface area contributed by atoms with Crippen molar-refractivity contribution < 1.29 is 48.6 Å². The van der Waals surface area contributed by atoms with Gasteiger partial charge in [-0.15, -0.1) is 0 Å². The highest BCUT2D eigenvalue weighted by Gasteiger charge is 2.29. The molecule has 0 aliphatic carbocycles. The summed E-state index contributed by atoms with van der Waals surface area (Å²) in [4.78, 5) is 91.7. The molecule has 0 aliphatic rings. The van der Waals surface area contributed by atoms with Crippen LogP contribution in [0.1, 0.15) is 98.9 Å². The van der Waals surface area contributed by atoms with Crippen LogP contribution in [0, 0.1) is 0 Å². The third kappa shape index (κ3) is 45.5. The van der Waals surface area contributed by atoms with Crippen molar-refractivity contribution >= 4 is 47.3 Å². The fourth-order valence-corrected chi connectivity index (χ4v) is 2.91. The van der Waals surface area contributed by atoms with Crippen LogP contribution >= 0.6 is 0 Å². The maximum absolute atomic E-state index is 11.7. The van der Waals surface area contributed by atoms with E-state index >= 15 is 0 Å². The van der Waals surface area contributed by atoms with Crippen molar-refractivity contribution in [3.05, 3.63) is 0 Å². The van der Waals surface area contributed by atoms with Crippen molar-refractivity contribution in [2.45, 2.75) is 111 Å². The Morgan fingerprint density at radius 2 is 0.556 bits per heavy atom. The van der Waals surface area contributed by atoms with Gasteiger partial charge in [0.1, 0.15) is 31.3 Å². The number of nitrogens with one attached hydrogen (secondary N) is 12. The van der Waals surface area contributed by atoms with Gasteiger partial charge in [-0.3, -0.25) is 49.0 Å². The van der Waals surface area contributed by atoms with Crippen LogP contribution in [-0.4, -0.2) is 124 Å². The first-order chi connectivity index (χ1) is 21.4. The monoisotopic (exact) mass is 793 g/mol. The Balaban J connectivity index is -0.0000000781. The topological polar surface area (TPSA) is 321 Å². The second-order valence-electron chi connectivity index (χ2n) is 9.72. The zero-order valence-corrected chi connectivity index (χ0v) is 26.8. The van der Waals surface area contributed by atoms with E-state index in [1.165, 1.54) is 0 Å². The van der Waals surface area contributed by atoms with Gasteiger partial charge in [-0.25, -0.2) is 0 Å². The van der Waals surface area contributed by atoms with Crippen molar-refractivity contribution in [3.63, 3.8) is 0 Å². The standard InChI is InChI=1S/C13H26N6O4.C11H22N6O6.8CH4/c1-13(2,18-11(22)5-9(20)16-7-14-3)19-12(23)6-10(21)17-8-15-4;1-12-5-14-7(18)3-9(20)16-11(22,23)17-10(21)4-8(19)15-6-13-2;;;;;;;;/h14-15H,5-8H2,1-4H3,(H,16,20)(H,17,21)(H,18,22)(H,19,23);12-13,22-23H,3-6H2,1-2H3,(H,14,18)(H,15,19)(H,16,20)(H,17,21);8*1H4. The van der Waals surface area contributed by atoms with Crippen LogP contribution < -0.4 is 63.8 Å². The lowest BCUT2D eigenvalue weighted by atomic mass is 10.2. The summed E-state index contributed by atoms with van der Waals surface area (Å²) < 4.78 is 0. The molecule has 54 heavy (non-hydrogen) atoms. The molecule has 0 bridgehead atoms. The molecule has 0 saturated carbocycles. The second-order valence-corrected chi connectivity index (χ2v) is 9.72. The number of rotatable bonds is 20. The van der Waals surface area contributed by atoms with E-state index in [0.29, 0.717) is 0 Å². The van der Waals surface area contributed by atoms with Gasteiger partial charge in [0.2, 0.25) is 47.3 Å². The predicted octanol–water partition coefficient (Wildman–Crippen LogP) is -2.41. The molecule has 0 radical (unpaired) electrons. The predicted molar refractivity (Wildman–Crippen MR) is 214 cm³/mol. The van der Waals surface area contributed by atoms with Gasteiger partial charge >= 0.3 is 6.03 Å². The number of hydrogen-bond acceptors (Lipinski definition) is 14. The molecule has 0 aromatic rings. The molecule has 0 aromatic heterocycles. The van der Waals surface area contributed by atoms with Gasteiger partial charge in [-0.1, -0.05) is 59.4 Å². The Morgan fingerprint density at radius 1 is 0.370 bits per heavy atom. The SMILES string of the molecule is C.C.C.C.C.C.C.C.CNCNC(=O)CC(=O)NC(C)(C)NC(=O)CC(=O)NCNC.CNCNC(=O)CC(=O)NC(O)(O)NC(=O)CC(=O)NCNC. The molecule has 8 amide bonds. The number of carbonyl (C=O) groups is 8. The molecule has 0 rings (SSSR count). The van der Waals surface area contributed by atoms with Crippen LogP contribution in [-0.2, 0) is 38.4 Å². The van der Waals surface area contributed by atoms with Crippen LogP contribution in [0.2, 0.25) is 0 Å². The molecular formula is C32H80N12O10. The van der Waals surface area contributed by atoms with Crippen LogP contribution in [0.5, 0.6) is 0 Å². The van der Waals surface area contributed by atoms with E-state index in [-0.39, 0.29) is 98.9 Å². The average molecular weight is 793 g/mol. The number of amides is 8. The molecule has 0 aromatic carbocycles. The summed E-state index contributed by atoms with van der Waals surface area (Å²) in [7, 11) is 6.47. The van der Waals surface area contributed by atoms with Gasteiger partial charge in [-0.05, 0) is 42.0 Å². The van der Waals surface area contributed by atoms with Gasteiger partial charge in [0.15, 0.2) is 0 Å². The number of hydrogen-bond donors (Lipinski definition) is 14. The summed E-state index contributed by atoms with van der Waals surface area (Å²) in [6.45, 7) is 3.89. The third-order valence-corrected chi connectivity index (χ3v) is 4.67. The Bertz CT molecular complexity index is 890. The van der Waals surface area contributed by atoms with E-state index in [0.717, 1.165) is 0 Å². The number of aliphatic hydroxyl groups is 2. The molecule has 22 nitrogen and oxygen atoms in total. The van der Waals surface area contributed by atoms with Gasteiger partial charge < -0.3 is 63.4 Å². The second kappa shape index (κ2) is 41.3. The quantitative estimate of drug-likeness (QED) is 0.0452. The van der Waals surface area contributed by atoms with Crippen molar-refractivity contribution in [1.82, 2.24) is 63.8 Å². The van der Waals surface area contributed by atoms with Crippen molar-refractivity contribution in [2.75, 3.05) is 54.9 Å². The lowest BCUT2D eigenvalue weighted by Gasteiger charge is -2.27. The number of carbonyl (C=O) groups excluding carboxylic acids is 8. The van der Waals surface area contributed by atoms with Gasteiger partial charge in [0.25, 0.3) is 0 Å². The average Bonchev–Trinajstić information content (AvgIpc) is 2.91. The van der Waals surface area contributed by atoms with Crippen molar-refractivity contribution in [1.29, 1.82) is 0 Å².